The van der Waals surface area contributed by atoms with E-state index in [9.17, 15) is 9.59 Å². The van der Waals surface area contributed by atoms with Gasteiger partial charge in [-0.25, -0.2) is 4.79 Å². The van der Waals surface area contributed by atoms with Crippen LogP contribution in [-0.4, -0.2) is 67.6 Å². The van der Waals surface area contributed by atoms with Gasteiger partial charge in [-0.3, -0.25) is 4.79 Å². The van der Waals surface area contributed by atoms with E-state index in [0.717, 1.165) is 13.0 Å². The molecule has 104 valence electrons. The molecule has 3 amide bonds. The fourth-order valence-corrected chi connectivity index (χ4v) is 1.97. The van der Waals surface area contributed by atoms with Crippen molar-refractivity contribution in [3.63, 3.8) is 0 Å². The van der Waals surface area contributed by atoms with Crippen molar-refractivity contribution in [1.29, 1.82) is 0 Å². The Morgan fingerprint density at radius 1 is 1.50 bits per heavy atom. The number of nitrogens with zero attached hydrogens (tertiary/aromatic N) is 2. The van der Waals surface area contributed by atoms with E-state index in [1.54, 1.807) is 19.0 Å². The van der Waals surface area contributed by atoms with Gasteiger partial charge in [-0.1, -0.05) is 13.8 Å². The molecule has 1 unspecified atom stereocenters. The van der Waals surface area contributed by atoms with Crippen LogP contribution >= 0.6 is 0 Å². The van der Waals surface area contributed by atoms with Crippen molar-refractivity contribution in [2.75, 3.05) is 33.7 Å². The quantitative estimate of drug-likeness (QED) is 0.719. The Balaban J connectivity index is 2.28. The second-order valence-corrected chi connectivity index (χ2v) is 5.11. The van der Waals surface area contributed by atoms with Crippen molar-refractivity contribution < 1.29 is 9.59 Å². The maximum atomic E-state index is 12.0. The molecule has 1 fully saturated rings. The lowest BCUT2D eigenvalue weighted by atomic mass is 10.2. The molecule has 1 atom stereocenters. The van der Waals surface area contributed by atoms with Crippen LogP contribution in [0.25, 0.3) is 0 Å². The molecule has 1 heterocycles. The van der Waals surface area contributed by atoms with Gasteiger partial charge in [-0.05, 0) is 6.42 Å². The summed E-state index contributed by atoms with van der Waals surface area (Å²) in [5.41, 5.74) is 0. The van der Waals surface area contributed by atoms with Crippen molar-refractivity contribution in [3.05, 3.63) is 0 Å². The first kappa shape index (κ1) is 14.8. The molecule has 1 aliphatic rings. The minimum absolute atomic E-state index is 0.0606. The summed E-state index contributed by atoms with van der Waals surface area (Å²) >= 11 is 0. The molecule has 6 nitrogen and oxygen atoms in total. The van der Waals surface area contributed by atoms with Crippen LogP contribution in [0.3, 0.4) is 0 Å². The van der Waals surface area contributed by atoms with Gasteiger partial charge >= 0.3 is 6.03 Å². The molecule has 1 rings (SSSR count). The van der Waals surface area contributed by atoms with Crippen LogP contribution in [0.4, 0.5) is 4.79 Å². The monoisotopic (exact) mass is 256 g/mol. The molecule has 1 aliphatic heterocycles. The topological polar surface area (TPSA) is 64.7 Å². The number of carbonyl (C=O) groups is 2. The molecule has 0 aromatic heterocycles. The summed E-state index contributed by atoms with van der Waals surface area (Å²) in [6.07, 6.45) is 0.846. The fraction of sp³-hybridized carbons (Fsp3) is 0.833. The normalized spacial score (nSPS) is 19.5. The van der Waals surface area contributed by atoms with Crippen molar-refractivity contribution in [2.45, 2.75) is 32.4 Å². The van der Waals surface area contributed by atoms with Crippen molar-refractivity contribution in [2.24, 2.45) is 0 Å². The highest BCUT2D eigenvalue weighted by Gasteiger charge is 2.31. The predicted octanol–water partition coefficient (Wildman–Crippen LogP) is -0.143. The third-order valence-electron chi connectivity index (χ3n) is 2.90. The van der Waals surface area contributed by atoms with Gasteiger partial charge in [0.2, 0.25) is 5.91 Å². The summed E-state index contributed by atoms with van der Waals surface area (Å²) in [4.78, 5) is 26.6. The lowest BCUT2D eigenvalue weighted by Crippen LogP contribution is -2.44. The Kier molecular flexibility index (Phi) is 5.40. The first-order valence-electron chi connectivity index (χ1n) is 6.41. The van der Waals surface area contributed by atoms with E-state index in [0.29, 0.717) is 19.1 Å². The van der Waals surface area contributed by atoms with Gasteiger partial charge in [-0.2, -0.15) is 0 Å². The van der Waals surface area contributed by atoms with E-state index in [1.807, 2.05) is 13.8 Å². The number of likely N-dealkylation sites (tertiary alicyclic amines) is 1. The lowest BCUT2D eigenvalue weighted by Gasteiger charge is -2.19. The third kappa shape index (κ3) is 4.18. The summed E-state index contributed by atoms with van der Waals surface area (Å²) < 4.78 is 0. The maximum Gasteiger partial charge on any atom is 0.316 e. The minimum atomic E-state index is -0.126. The zero-order valence-electron chi connectivity index (χ0n) is 11.7. The largest absolute Gasteiger partial charge is 0.340 e. The Morgan fingerprint density at radius 3 is 2.72 bits per heavy atom. The lowest BCUT2D eigenvalue weighted by molar-refractivity contribution is -0.129. The molecule has 1 saturated heterocycles. The number of rotatable bonds is 5. The Hall–Kier alpha value is -1.30. The average Bonchev–Trinajstić information content (AvgIpc) is 2.60. The number of amides is 3. The molecular weight excluding hydrogens is 232 g/mol. The maximum absolute atomic E-state index is 12.0. The van der Waals surface area contributed by atoms with E-state index in [2.05, 4.69) is 10.6 Å². The molecule has 2 N–H and O–H groups in total. The van der Waals surface area contributed by atoms with Gasteiger partial charge in [0.25, 0.3) is 0 Å². The number of urea groups is 1. The van der Waals surface area contributed by atoms with Crippen molar-refractivity contribution in [1.82, 2.24) is 20.4 Å². The molecule has 0 bridgehead atoms. The van der Waals surface area contributed by atoms with Gasteiger partial charge in [-0.15, -0.1) is 0 Å². The Morgan fingerprint density at radius 2 is 2.17 bits per heavy atom. The predicted molar refractivity (Wildman–Crippen MR) is 70.3 cm³/mol. The summed E-state index contributed by atoms with van der Waals surface area (Å²) in [5.74, 6) is 0.141. The Labute approximate surface area is 109 Å². The van der Waals surface area contributed by atoms with Crippen LogP contribution in [-0.2, 0) is 4.79 Å². The first-order chi connectivity index (χ1) is 8.41. The molecule has 18 heavy (non-hydrogen) atoms. The summed E-state index contributed by atoms with van der Waals surface area (Å²) in [6, 6.07) is 0.125. The highest BCUT2D eigenvalue weighted by atomic mass is 16.2. The average molecular weight is 256 g/mol. The van der Waals surface area contributed by atoms with Crippen LogP contribution in [0.15, 0.2) is 0 Å². The zero-order valence-corrected chi connectivity index (χ0v) is 11.7. The molecule has 6 heteroatoms. The molecule has 0 aromatic carbocycles. The number of hydrogen-bond donors (Lipinski definition) is 2. The van der Waals surface area contributed by atoms with Crippen molar-refractivity contribution >= 4 is 11.9 Å². The van der Waals surface area contributed by atoms with Crippen LogP contribution in [0.2, 0.25) is 0 Å². The molecular formula is C12H24N4O2. The first-order valence-corrected chi connectivity index (χ1v) is 6.41. The smallest absolute Gasteiger partial charge is 0.316 e. The van der Waals surface area contributed by atoms with Gasteiger partial charge in [0, 0.05) is 39.8 Å². The van der Waals surface area contributed by atoms with Gasteiger partial charge < -0.3 is 20.4 Å². The second-order valence-electron chi connectivity index (χ2n) is 5.11. The van der Waals surface area contributed by atoms with Crippen LogP contribution in [0, 0.1) is 0 Å². The highest BCUT2D eigenvalue weighted by Crippen LogP contribution is 2.10. The minimum Gasteiger partial charge on any atom is -0.340 e. The second kappa shape index (κ2) is 6.58. The van der Waals surface area contributed by atoms with E-state index < -0.39 is 0 Å². The van der Waals surface area contributed by atoms with E-state index in [4.69, 9.17) is 0 Å². The molecule has 0 aromatic rings. The number of hydrogen-bond acceptors (Lipinski definition) is 3. The molecule has 0 spiro atoms. The SMILES string of the molecule is CC(C)NC1CCN(CCNC(=O)N(C)C)C1=O. The fourth-order valence-electron chi connectivity index (χ4n) is 1.97. The zero-order chi connectivity index (χ0) is 13.7. The van der Waals surface area contributed by atoms with Crippen LogP contribution < -0.4 is 10.6 Å². The van der Waals surface area contributed by atoms with Gasteiger partial charge in [0.15, 0.2) is 0 Å². The number of nitrogens with one attached hydrogen (secondary N) is 2. The summed E-state index contributed by atoms with van der Waals surface area (Å²) in [5, 5.41) is 6.01. The molecule has 0 aliphatic carbocycles. The number of carbonyl (C=O) groups excluding carboxylic acids is 2. The van der Waals surface area contributed by atoms with Crippen LogP contribution in [0.5, 0.6) is 0 Å². The molecule has 0 saturated carbocycles. The Bertz CT molecular complexity index is 304. The summed E-state index contributed by atoms with van der Waals surface area (Å²) in [6.45, 7) is 5.91. The van der Waals surface area contributed by atoms with Gasteiger partial charge in [0.1, 0.15) is 0 Å². The third-order valence-corrected chi connectivity index (χ3v) is 2.90. The summed E-state index contributed by atoms with van der Waals surface area (Å²) in [7, 11) is 3.39. The van der Waals surface area contributed by atoms with E-state index in [-0.39, 0.29) is 18.0 Å². The van der Waals surface area contributed by atoms with E-state index in [1.165, 1.54) is 4.90 Å². The van der Waals surface area contributed by atoms with Crippen molar-refractivity contribution in [3.8, 4) is 0 Å². The standard InChI is InChI=1S/C12H24N4O2/c1-9(2)14-10-5-7-16(11(10)17)8-6-13-12(18)15(3)4/h9-10,14H,5-8H2,1-4H3,(H,13,18). The van der Waals surface area contributed by atoms with Gasteiger partial charge in [0.05, 0.1) is 6.04 Å². The van der Waals surface area contributed by atoms with Crippen LogP contribution in [0.1, 0.15) is 20.3 Å². The molecule has 0 radical (unpaired) electrons. The van der Waals surface area contributed by atoms with E-state index >= 15 is 0 Å². The highest BCUT2D eigenvalue weighted by molar-refractivity contribution is 5.84.